The van der Waals surface area contributed by atoms with E-state index in [4.69, 9.17) is 0 Å². The van der Waals surface area contributed by atoms with Crippen LogP contribution in [0.2, 0.25) is 0 Å². The summed E-state index contributed by atoms with van der Waals surface area (Å²) < 4.78 is 0.991. The molecule has 0 unspecified atom stereocenters. The molecule has 0 aromatic heterocycles. The molecule has 0 radical (unpaired) electrons. The van der Waals surface area contributed by atoms with Gasteiger partial charge >= 0.3 is 0 Å². The molecule has 3 nitrogen and oxygen atoms in total. The first kappa shape index (κ1) is 15.4. The molecule has 0 saturated heterocycles. The van der Waals surface area contributed by atoms with E-state index < -0.39 is 5.54 Å². The molecule has 1 aromatic rings. The summed E-state index contributed by atoms with van der Waals surface area (Å²) in [5, 5.41) is 12.3. The van der Waals surface area contributed by atoms with Crippen LogP contribution in [0.5, 0.6) is 0 Å². The number of amides is 1. The van der Waals surface area contributed by atoms with Crippen molar-refractivity contribution in [3.8, 4) is 6.07 Å². The van der Waals surface area contributed by atoms with Gasteiger partial charge in [0.15, 0.2) is 0 Å². The zero-order valence-corrected chi connectivity index (χ0v) is 13.6. The van der Waals surface area contributed by atoms with Gasteiger partial charge in [0.1, 0.15) is 5.54 Å². The zero-order valence-electron chi connectivity index (χ0n) is 11.2. The van der Waals surface area contributed by atoms with E-state index in [9.17, 15) is 10.1 Å². The molecule has 1 saturated carbocycles. The van der Waals surface area contributed by atoms with Gasteiger partial charge in [0, 0.05) is 9.37 Å². The van der Waals surface area contributed by atoms with Crippen LogP contribution in [0.25, 0.3) is 0 Å². The fourth-order valence-corrected chi connectivity index (χ4v) is 3.80. The minimum Gasteiger partial charge on any atom is -0.337 e. The lowest BCUT2D eigenvalue weighted by atomic mass is 9.83. The Bertz CT molecular complexity index is 521. The molecular weight excluding hydrogens is 336 g/mol. The average Bonchev–Trinajstić information content (AvgIpc) is 2.47. The van der Waals surface area contributed by atoms with Crippen molar-refractivity contribution in [3.05, 3.63) is 28.7 Å². The Balaban J connectivity index is 1.89. The van der Waals surface area contributed by atoms with E-state index in [0.717, 1.165) is 41.5 Å². The molecule has 1 amide bonds. The van der Waals surface area contributed by atoms with Crippen molar-refractivity contribution < 1.29 is 4.79 Å². The van der Waals surface area contributed by atoms with Crippen molar-refractivity contribution >= 4 is 33.6 Å². The molecule has 1 aliphatic rings. The van der Waals surface area contributed by atoms with Gasteiger partial charge in [-0.1, -0.05) is 31.4 Å². The molecule has 2 rings (SSSR count). The molecule has 1 aliphatic carbocycles. The van der Waals surface area contributed by atoms with Gasteiger partial charge in [-0.05, 0) is 40.9 Å². The maximum Gasteiger partial charge on any atom is 0.231 e. The Hall–Kier alpha value is -0.990. The summed E-state index contributed by atoms with van der Waals surface area (Å²) in [5.74, 6) is 0.278. The number of nitrogens with zero attached hydrogens (tertiary/aromatic N) is 1. The van der Waals surface area contributed by atoms with E-state index in [2.05, 4.69) is 27.3 Å². The second-order valence-electron chi connectivity index (χ2n) is 5.02. The number of hydrogen-bond donors (Lipinski definition) is 1. The Kier molecular flexibility index (Phi) is 5.50. The lowest BCUT2D eigenvalue weighted by Crippen LogP contribution is -2.49. The molecular formula is C15H17BrN2OS. The molecule has 0 atom stereocenters. The molecule has 20 heavy (non-hydrogen) atoms. The van der Waals surface area contributed by atoms with Crippen molar-refractivity contribution in [1.29, 1.82) is 5.26 Å². The lowest BCUT2D eigenvalue weighted by Gasteiger charge is -2.31. The summed E-state index contributed by atoms with van der Waals surface area (Å²) in [6.07, 6.45) is 4.74. The maximum atomic E-state index is 12.1. The van der Waals surface area contributed by atoms with Crippen LogP contribution in [-0.2, 0) is 4.79 Å². The third kappa shape index (κ3) is 4.00. The highest BCUT2D eigenvalue weighted by Gasteiger charge is 2.33. The predicted octanol–water partition coefficient (Wildman–Crippen LogP) is 3.88. The smallest absolute Gasteiger partial charge is 0.231 e. The summed E-state index contributed by atoms with van der Waals surface area (Å²) in [5.41, 5.74) is -0.635. The van der Waals surface area contributed by atoms with Gasteiger partial charge < -0.3 is 5.32 Å². The largest absolute Gasteiger partial charge is 0.337 e. The second kappa shape index (κ2) is 7.14. The SMILES string of the molecule is N#CC1(NC(=O)CSc2ccccc2Br)CCCCC1. The van der Waals surface area contributed by atoms with Crippen LogP contribution in [0.15, 0.2) is 33.6 Å². The normalized spacial score (nSPS) is 17.2. The first-order valence-electron chi connectivity index (χ1n) is 6.75. The van der Waals surface area contributed by atoms with Crippen LogP contribution in [0, 0.1) is 11.3 Å². The van der Waals surface area contributed by atoms with Crippen molar-refractivity contribution in [3.63, 3.8) is 0 Å². The van der Waals surface area contributed by atoms with E-state index in [0.29, 0.717) is 5.75 Å². The number of rotatable bonds is 4. The third-order valence-corrected chi connectivity index (χ3v) is 5.52. The third-order valence-electron chi connectivity index (χ3n) is 3.50. The van der Waals surface area contributed by atoms with Crippen molar-refractivity contribution in [1.82, 2.24) is 5.32 Å². The lowest BCUT2D eigenvalue weighted by molar-refractivity contribution is -0.120. The highest BCUT2D eigenvalue weighted by molar-refractivity contribution is 9.10. The van der Waals surface area contributed by atoms with Gasteiger partial charge in [0.25, 0.3) is 0 Å². The van der Waals surface area contributed by atoms with Crippen molar-refractivity contribution in [2.75, 3.05) is 5.75 Å². The minimum absolute atomic E-state index is 0.0609. The number of benzene rings is 1. The first-order valence-corrected chi connectivity index (χ1v) is 8.53. The Labute approximate surface area is 132 Å². The predicted molar refractivity (Wildman–Crippen MR) is 84.4 cm³/mol. The van der Waals surface area contributed by atoms with E-state index in [-0.39, 0.29) is 5.91 Å². The topological polar surface area (TPSA) is 52.9 Å². The zero-order chi connectivity index (χ0) is 14.4. The second-order valence-corrected chi connectivity index (χ2v) is 6.89. The Morgan fingerprint density at radius 2 is 2.05 bits per heavy atom. The number of carbonyl (C=O) groups is 1. The molecule has 5 heteroatoms. The summed E-state index contributed by atoms with van der Waals surface area (Å²) in [6, 6.07) is 10.1. The fraction of sp³-hybridized carbons (Fsp3) is 0.467. The molecule has 1 fully saturated rings. The van der Waals surface area contributed by atoms with Crippen molar-refractivity contribution in [2.24, 2.45) is 0 Å². The van der Waals surface area contributed by atoms with Crippen LogP contribution in [-0.4, -0.2) is 17.2 Å². The molecule has 0 heterocycles. The van der Waals surface area contributed by atoms with Gasteiger partial charge in [-0.15, -0.1) is 11.8 Å². The Morgan fingerprint density at radius 1 is 1.35 bits per heavy atom. The van der Waals surface area contributed by atoms with Gasteiger partial charge in [-0.25, -0.2) is 0 Å². The molecule has 0 bridgehead atoms. The molecule has 1 N–H and O–H groups in total. The van der Waals surface area contributed by atoms with Gasteiger partial charge in [0.2, 0.25) is 5.91 Å². The summed E-state index contributed by atoms with van der Waals surface area (Å²) in [7, 11) is 0. The monoisotopic (exact) mass is 352 g/mol. The number of hydrogen-bond acceptors (Lipinski definition) is 3. The highest BCUT2D eigenvalue weighted by atomic mass is 79.9. The van der Waals surface area contributed by atoms with Crippen LogP contribution in [0.4, 0.5) is 0 Å². The molecule has 0 spiro atoms. The molecule has 1 aromatic carbocycles. The first-order chi connectivity index (χ1) is 9.65. The minimum atomic E-state index is -0.635. The van der Waals surface area contributed by atoms with Crippen LogP contribution in [0.1, 0.15) is 32.1 Å². The van der Waals surface area contributed by atoms with Crippen LogP contribution in [0.3, 0.4) is 0 Å². The number of nitrogens with one attached hydrogen (secondary N) is 1. The number of carbonyl (C=O) groups excluding carboxylic acids is 1. The Morgan fingerprint density at radius 3 is 2.70 bits per heavy atom. The summed E-state index contributed by atoms with van der Waals surface area (Å²) in [6.45, 7) is 0. The summed E-state index contributed by atoms with van der Waals surface area (Å²) in [4.78, 5) is 13.1. The standard InChI is InChI=1S/C15H17BrN2OS/c16-12-6-2-3-7-13(12)20-10-14(19)18-15(11-17)8-4-1-5-9-15/h2-3,6-7H,1,4-5,8-10H2,(H,18,19). The average molecular weight is 353 g/mol. The van der Waals surface area contributed by atoms with E-state index in [1.54, 1.807) is 0 Å². The van der Waals surface area contributed by atoms with Crippen LogP contribution < -0.4 is 5.32 Å². The maximum absolute atomic E-state index is 12.1. The summed E-state index contributed by atoms with van der Waals surface area (Å²) >= 11 is 4.95. The van der Waals surface area contributed by atoms with Crippen molar-refractivity contribution in [2.45, 2.75) is 42.5 Å². The molecule has 0 aliphatic heterocycles. The number of thioether (sulfide) groups is 1. The van der Waals surface area contributed by atoms with Gasteiger partial charge in [-0.3, -0.25) is 4.79 Å². The van der Waals surface area contributed by atoms with E-state index >= 15 is 0 Å². The van der Waals surface area contributed by atoms with E-state index in [1.807, 2.05) is 24.3 Å². The van der Waals surface area contributed by atoms with Crippen LogP contribution >= 0.6 is 27.7 Å². The van der Waals surface area contributed by atoms with Gasteiger partial charge in [0.05, 0.1) is 11.8 Å². The number of nitriles is 1. The number of halogens is 1. The van der Waals surface area contributed by atoms with Gasteiger partial charge in [-0.2, -0.15) is 5.26 Å². The highest BCUT2D eigenvalue weighted by Crippen LogP contribution is 2.29. The fourth-order valence-electron chi connectivity index (χ4n) is 2.43. The quantitative estimate of drug-likeness (QED) is 0.836. The molecule has 106 valence electrons. The van der Waals surface area contributed by atoms with E-state index in [1.165, 1.54) is 11.8 Å².